The number of likely N-dealkylation sites (N-methyl/N-ethyl adjacent to an activating group) is 1. The maximum Gasteiger partial charge on any atom is 0.278 e. The molecule has 3 aromatic rings. The molecule has 0 fully saturated rings. The van der Waals surface area contributed by atoms with E-state index in [1.54, 1.807) is 31.3 Å². The van der Waals surface area contributed by atoms with E-state index in [9.17, 15) is 14.0 Å². The predicted molar refractivity (Wildman–Crippen MR) is 93.3 cm³/mol. The topological polar surface area (TPSA) is 77.3 Å². The summed E-state index contributed by atoms with van der Waals surface area (Å²) in [7, 11) is 1.61. The van der Waals surface area contributed by atoms with Crippen LogP contribution in [0, 0.1) is 5.82 Å². The molecule has 134 valence electrons. The number of aromatic nitrogens is 3. The smallest absolute Gasteiger partial charge is 0.278 e. The zero-order valence-electron chi connectivity index (χ0n) is 14.1. The van der Waals surface area contributed by atoms with Gasteiger partial charge in [-0.05, 0) is 36.4 Å². The normalized spacial score (nSPS) is 10.7. The number of ether oxygens (including phenoxy) is 1. The van der Waals surface area contributed by atoms with E-state index in [-0.39, 0.29) is 30.4 Å². The van der Waals surface area contributed by atoms with Gasteiger partial charge in [0.1, 0.15) is 30.2 Å². The summed E-state index contributed by atoms with van der Waals surface area (Å²) in [5.74, 6) is -0.116. The molecule has 0 bridgehead atoms. The molecule has 0 atom stereocenters. The number of benzene rings is 2. The third-order valence-electron chi connectivity index (χ3n) is 3.85. The van der Waals surface area contributed by atoms with Crippen molar-refractivity contribution in [3.05, 3.63) is 64.7 Å². The fourth-order valence-electron chi connectivity index (χ4n) is 2.33. The van der Waals surface area contributed by atoms with Crippen LogP contribution in [0.15, 0.2) is 53.3 Å². The average Bonchev–Trinajstić information content (AvgIpc) is 2.65. The maximum absolute atomic E-state index is 12.8. The number of hydrogen-bond donors (Lipinski definition) is 0. The highest BCUT2D eigenvalue weighted by atomic mass is 19.1. The van der Waals surface area contributed by atoms with Crippen molar-refractivity contribution in [2.75, 3.05) is 20.2 Å². The minimum Gasteiger partial charge on any atom is -0.492 e. The average molecular weight is 356 g/mol. The van der Waals surface area contributed by atoms with Crippen LogP contribution in [0.25, 0.3) is 10.9 Å². The monoisotopic (exact) mass is 356 g/mol. The predicted octanol–water partition coefficient (Wildman–Crippen LogP) is 1.47. The van der Waals surface area contributed by atoms with Crippen LogP contribution in [0.2, 0.25) is 0 Å². The van der Waals surface area contributed by atoms with Crippen molar-refractivity contribution in [3.8, 4) is 5.75 Å². The highest BCUT2D eigenvalue weighted by Crippen LogP contribution is 2.10. The Kier molecular flexibility index (Phi) is 5.21. The Bertz CT molecular complexity index is 972. The van der Waals surface area contributed by atoms with Crippen molar-refractivity contribution in [1.29, 1.82) is 0 Å². The first-order valence-electron chi connectivity index (χ1n) is 7.99. The number of amides is 1. The molecule has 1 amide bonds. The summed E-state index contributed by atoms with van der Waals surface area (Å²) in [6.07, 6.45) is 0. The van der Waals surface area contributed by atoms with E-state index in [2.05, 4.69) is 10.3 Å². The van der Waals surface area contributed by atoms with Gasteiger partial charge in [-0.2, -0.15) is 0 Å². The SMILES string of the molecule is CN(CCOc1ccc(F)cc1)C(=O)Cn1nnc2ccccc2c1=O. The van der Waals surface area contributed by atoms with Crippen LogP contribution in [0.4, 0.5) is 4.39 Å². The van der Waals surface area contributed by atoms with Crippen molar-refractivity contribution in [1.82, 2.24) is 19.9 Å². The molecule has 1 aromatic heterocycles. The van der Waals surface area contributed by atoms with Crippen molar-refractivity contribution < 1.29 is 13.9 Å². The quantitative estimate of drug-likeness (QED) is 0.668. The number of nitrogens with zero attached hydrogens (tertiary/aromatic N) is 4. The molecule has 0 aliphatic rings. The molecule has 0 aliphatic heterocycles. The molecule has 1 heterocycles. The lowest BCUT2D eigenvalue weighted by molar-refractivity contribution is -0.131. The fraction of sp³-hybridized carbons (Fsp3) is 0.222. The number of fused-ring (bicyclic) bond motifs is 1. The lowest BCUT2D eigenvalue weighted by atomic mass is 10.2. The first-order valence-corrected chi connectivity index (χ1v) is 7.99. The number of rotatable bonds is 6. The zero-order valence-corrected chi connectivity index (χ0v) is 14.1. The Morgan fingerprint density at radius 3 is 2.69 bits per heavy atom. The molecule has 0 saturated heterocycles. The molecule has 0 N–H and O–H groups in total. The Morgan fingerprint density at radius 1 is 1.19 bits per heavy atom. The second-order valence-electron chi connectivity index (χ2n) is 5.69. The van der Waals surface area contributed by atoms with E-state index in [0.717, 1.165) is 4.68 Å². The highest BCUT2D eigenvalue weighted by Gasteiger charge is 2.13. The summed E-state index contributed by atoms with van der Waals surface area (Å²) in [5, 5.41) is 8.17. The van der Waals surface area contributed by atoms with Crippen LogP contribution in [0.1, 0.15) is 0 Å². The van der Waals surface area contributed by atoms with Crippen LogP contribution in [-0.4, -0.2) is 46.0 Å². The van der Waals surface area contributed by atoms with Gasteiger partial charge in [0.25, 0.3) is 5.56 Å². The van der Waals surface area contributed by atoms with Gasteiger partial charge < -0.3 is 9.64 Å². The summed E-state index contributed by atoms with van der Waals surface area (Å²) in [6.45, 7) is 0.349. The molecule has 0 aliphatic carbocycles. The van der Waals surface area contributed by atoms with E-state index in [4.69, 9.17) is 4.74 Å². The Balaban J connectivity index is 1.58. The van der Waals surface area contributed by atoms with E-state index in [0.29, 0.717) is 23.2 Å². The van der Waals surface area contributed by atoms with Crippen LogP contribution < -0.4 is 10.3 Å². The number of halogens is 1. The van der Waals surface area contributed by atoms with Crippen LogP contribution in [0.3, 0.4) is 0 Å². The lowest BCUT2D eigenvalue weighted by Gasteiger charge is -2.17. The highest BCUT2D eigenvalue weighted by molar-refractivity contribution is 5.78. The lowest BCUT2D eigenvalue weighted by Crippen LogP contribution is -2.37. The van der Waals surface area contributed by atoms with Crippen molar-refractivity contribution in [2.24, 2.45) is 0 Å². The van der Waals surface area contributed by atoms with Gasteiger partial charge in [0.05, 0.1) is 11.9 Å². The van der Waals surface area contributed by atoms with Crippen molar-refractivity contribution >= 4 is 16.8 Å². The number of hydrogen-bond acceptors (Lipinski definition) is 5. The molecule has 8 heteroatoms. The zero-order chi connectivity index (χ0) is 18.5. The first kappa shape index (κ1) is 17.5. The van der Waals surface area contributed by atoms with E-state index in [1.165, 1.54) is 29.2 Å². The van der Waals surface area contributed by atoms with Gasteiger partial charge in [-0.3, -0.25) is 9.59 Å². The Hall–Kier alpha value is -3.29. The number of carbonyl (C=O) groups is 1. The van der Waals surface area contributed by atoms with Gasteiger partial charge in [-0.15, -0.1) is 5.10 Å². The summed E-state index contributed by atoms with van der Waals surface area (Å²) in [5.41, 5.74) is 0.127. The van der Waals surface area contributed by atoms with Gasteiger partial charge in [0.2, 0.25) is 5.91 Å². The van der Waals surface area contributed by atoms with Crippen LogP contribution in [-0.2, 0) is 11.3 Å². The van der Waals surface area contributed by atoms with E-state index < -0.39 is 0 Å². The molecule has 0 unspecified atom stereocenters. The molecule has 0 spiro atoms. The molecule has 0 saturated carbocycles. The van der Waals surface area contributed by atoms with Crippen molar-refractivity contribution in [3.63, 3.8) is 0 Å². The van der Waals surface area contributed by atoms with Gasteiger partial charge in [-0.25, -0.2) is 9.07 Å². The number of carbonyl (C=O) groups excluding carboxylic acids is 1. The molecule has 26 heavy (non-hydrogen) atoms. The van der Waals surface area contributed by atoms with E-state index in [1.807, 2.05) is 0 Å². The summed E-state index contributed by atoms with van der Waals surface area (Å²) in [6, 6.07) is 12.5. The summed E-state index contributed by atoms with van der Waals surface area (Å²) >= 11 is 0. The molecular formula is C18H17FN4O3. The third-order valence-corrected chi connectivity index (χ3v) is 3.85. The maximum atomic E-state index is 12.8. The summed E-state index contributed by atoms with van der Waals surface area (Å²) < 4.78 is 19.3. The standard InChI is InChI=1S/C18H17FN4O3/c1-22(10-11-26-14-8-6-13(19)7-9-14)17(24)12-23-18(25)15-4-2-3-5-16(15)20-21-23/h2-9H,10-12H2,1H3. The summed E-state index contributed by atoms with van der Waals surface area (Å²) in [4.78, 5) is 26.1. The molecule has 0 radical (unpaired) electrons. The molecule has 2 aromatic carbocycles. The Labute approximate surface area is 148 Å². The molecule has 3 rings (SSSR count). The minimum absolute atomic E-state index is 0.205. The third kappa shape index (κ3) is 4.02. The largest absolute Gasteiger partial charge is 0.492 e. The first-order chi connectivity index (χ1) is 12.5. The van der Waals surface area contributed by atoms with Crippen LogP contribution >= 0.6 is 0 Å². The Morgan fingerprint density at radius 2 is 1.92 bits per heavy atom. The van der Waals surface area contributed by atoms with Gasteiger partial charge in [-0.1, -0.05) is 17.3 Å². The molecular weight excluding hydrogens is 339 g/mol. The van der Waals surface area contributed by atoms with Gasteiger partial charge >= 0.3 is 0 Å². The van der Waals surface area contributed by atoms with Crippen LogP contribution in [0.5, 0.6) is 5.75 Å². The van der Waals surface area contributed by atoms with Gasteiger partial charge in [0, 0.05) is 7.05 Å². The second kappa shape index (κ2) is 7.73. The fourth-order valence-corrected chi connectivity index (χ4v) is 2.33. The van der Waals surface area contributed by atoms with Crippen molar-refractivity contribution in [2.45, 2.75) is 6.54 Å². The second-order valence-corrected chi connectivity index (χ2v) is 5.69. The van der Waals surface area contributed by atoms with E-state index >= 15 is 0 Å². The van der Waals surface area contributed by atoms with Gasteiger partial charge in [0.15, 0.2) is 0 Å². The minimum atomic E-state index is -0.361. The molecule has 7 nitrogen and oxygen atoms in total.